The van der Waals surface area contributed by atoms with Crippen molar-refractivity contribution in [3.8, 4) is 11.4 Å². The molecular formula is C22H22N8O. The summed E-state index contributed by atoms with van der Waals surface area (Å²) in [4.78, 5) is 33.3. The highest BCUT2D eigenvalue weighted by molar-refractivity contribution is 6.32. The minimum absolute atomic E-state index is 0.287. The fraction of sp³-hybridized carbons (Fsp3) is 0.273. The number of hydrogen-bond donors (Lipinski definition) is 3. The van der Waals surface area contributed by atoms with Crippen molar-refractivity contribution in [1.29, 1.82) is 0 Å². The van der Waals surface area contributed by atoms with Crippen molar-refractivity contribution in [2.75, 3.05) is 6.54 Å². The Bertz CT molecular complexity index is 1160. The Hall–Kier alpha value is -3.72. The highest BCUT2D eigenvalue weighted by Gasteiger charge is 2.27. The number of aromatic amines is 1. The molecule has 0 aromatic carbocycles. The summed E-state index contributed by atoms with van der Waals surface area (Å²) < 4.78 is 0. The van der Waals surface area contributed by atoms with Gasteiger partial charge in [0, 0.05) is 42.1 Å². The monoisotopic (exact) mass is 414 g/mol. The van der Waals surface area contributed by atoms with Crippen LogP contribution in [0.2, 0.25) is 0 Å². The summed E-state index contributed by atoms with van der Waals surface area (Å²) in [5, 5.41) is 7.72. The molecule has 1 amide bonds. The Morgan fingerprint density at radius 3 is 2.74 bits per heavy atom. The van der Waals surface area contributed by atoms with E-state index in [1.54, 1.807) is 43.1 Å². The van der Waals surface area contributed by atoms with Gasteiger partial charge in [0.25, 0.3) is 5.91 Å². The second kappa shape index (κ2) is 8.19. The largest absolute Gasteiger partial charge is 0.358 e. The maximum atomic E-state index is 12.6. The van der Waals surface area contributed by atoms with Crippen molar-refractivity contribution in [3.05, 3.63) is 65.3 Å². The van der Waals surface area contributed by atoms with E-state index in [0.29, 0.717) is 28.8 Å². The van der Waals surface area contributed by atoms with Crippen LogP contribution in [-0.2, 0) is 11.2 Å². The molecule has 2 aliphatic rings. The van der Waals surface area contributed by atoms with E-state index >= 15 is 0 Å². The van der Waals surface area contributed by atoms with Gasteiger partial charge in [-0.2, -0.15) is 5.10 Å². The van der Waals surface area contributed by atoms with E-state index in [2.05, 4.69) is 40.8 Å². The van der Waals surface area contributed by atoms with Gasteiger partial charge in [0.1, 0.15) is 11.4 Å². The number of carbonyl (C=O) groups excluding carboxylic acids is 1. The zero-order valence-electron chi connectivity index (χ0n) is 17.1. The number of aryl methyl sites for hydroxylation is 1. The number of hydrazone groups is 1. The molecule has 0 radical (unpaired) electrons. The van der Waals surface area contributed by atoms with E-state index in [-0.39, 0.29) is 5.91 Å². The van der Waals surface area contributed by atoms with Crippen LogP contribution in [0.5, 0.6) is 0 Å². The first-order valence-corrected chi connectivity index (χ1v) is 10.3. The molecule has 9 heteroatoms. The minimum atomic E-state index is -0.287. The first-order chi connectivity index (χ1) is 15.2. The van der Waals surface area contributed by atoms with Crippen molar-refractivity contribution in [2.24, 2.45) is 5.10 Å². The first-order valence-electron chi connectivity index (χ1n) is 10.3. The molecule has 3 aromatic rings. The highest BCUT2D eigenvalue weighted by Crippen LogP contribution is 2.31. The summed E-state index contributed by atoms with van der Waals surface area (Å²) in [6.45, 7) is 2.92. The second-order valence-corrected chi connectivity index (χ2v) is 7.62. The fourth-order valence-electron chi connectivity index (χ4n) is 3.71. The summed E-state index contributed by atoms with van der Waals surface area (Å²) in [6, 6.07) is 2.43. The van der Waals surface area contributed by atoms with Crippen LogP contribution in [0.1, 0.15) is 35.5 Å². The summed E-state index contributed by atoms with van der Waals surface area (Å²) in [5.41, 5.74) is 7.79. The molecule has 0 spiro atoms. The van der Waals surface area contributed by atoms with Gasteiger partial charge in [0.15, 0.2) is 5.82 Å². The predicted octanol–water partition coefficient (Wildman–Crippen LogP) is 1.78. The lowest BCUT2D eigenvalue weighted by Gasteiger charge is -2.07. The molecule has 4 heterocycles. The van der Waals surface area contributed by atoms with E-state index in [1.807, 2.05) is 6.92 Å². The SMILES string of the molecule is Cc1[nH]c(C=C2C(=O)NN=C2c2cnccn2)c(-c2ncccn2)c1CCNC1CC1. The highest BCUT2D eigenvalue weighted by atomic mass is 16.2. The van der Waals surface area contributed by atoms with Crippen LogP contribution in [0.15, 0.2) is 47.7 Å². The molecule has 1 saturated carbocycles. The molecule has 1 aliphatic carbocycles. The Morgan fingerprint density at radius 1 is 1.16 bits per heavy atom. The van der Waals surface area contributed by atoms with Gasteiger partial charge in [0.2, 0.25) is 0 Å². The third kappa shape index (κ3) is 3.99. The zero-order chi connectivity index (χ0) is 21.2. The number of rotatable bonds is 7. The predicted molar refractivity (Wildman–Crippen MR) is 116 cm³/mol. The summed E-state index contributed by atoms with van der Waals surface area (Å²) in [7, 11) is 0. The van der Waals surface area contributed by atoms with E-state index in [4.69, 9.17) is 0 Å². The number of H-pyrrole nitrogens is 1. The molecule has 1 aliphatic heterocycles. The van der Waals surface area contributed by atoms with Crippen molar-refractivity contribution >= 4 is 17.7 Å². The third-order valence-electron chi connectivity index (χ3n) is 5.38. The molecule has 31 heavy (non-hydrogen) atoms. The van der Waals surface area contributed by atoms with E-state index in [1.165, 1.54) is 12.8 Å². The molecular weight excluding hydrogens is 392 g/mol. The molecule has 3 N–H and O–H groups in total. The van der Waals surface area contributed by atoms with Crippen LogP contribution in [0.25, 0.3) is 17.5 Å². The van der Waals surface area contributed by atoms with Crippen LogP contribution < -0.4 is 10.7 Å². The van der Waals surface area contributed by atoms with Crippen molar-refractivity contribution in [3.63, 3.8) is 0 Å². The normalized spacial score (nSPS) is 17.1. The molecule has 0 unspecified atom stereocenters. The molecule has 156 valence electrons. The van der Waals surface area contributed by atoms with Crippen LogP contribution in [0.4, 0.5) is 0 Å². The number of amides is 1. The summed E-state index contributed by atoms with van der Waals surface area (Å²) in [6.07, 6.45) is 13.3. The molecule has 3 aromatic heterocycles. The number of nitrogens with one attached hydrogen (secondary N) is 3. The molecule has 5 rings (SSSR count). The Morgan fingerprint density at radius 2 is 2.00 bits per heavy atom. The van der Waals surface area contributed by atoms with Crippen LogP contribution >= 0.6 is 0 Å². The lowest BCUT2D eigenvalue weighted by atomic mass is 10.0. The lowest BCUT2D eigenvalue weighted by molar-refractivity contribution is -0.116. The van der Waals surface area contributed by atoms with Gasteiger partial charge < -0.3 is 10.3 Å². The first kappa shape index (κ1) is 19.3. The number of carbonyl (C=O) groups is 1. The van der Waals surface area contributed by atoms with Gasteiger partial charge in [-0.15, -0.1) is 0 Å². The molecule has 0 bridgehead atoms. The van der Waals surface area contributed by atoms with Gasteiger partial charge >= 0.3 is 0 Å². The summed E-state index contributed by atoms with van der Waals surface area (Å²) >= 11 is 0. The Kier molecular flexibility index (Phi) is 5.09. The number of aromatic nitrogens is 5. The van der Waals surface area contributed by atoms with Crippen molar-refractivity contribution in [1.82, 2.24) is 35.7 Å². The zero-order valence-corrected chi connectivity index (χ0v) is 17.1. The molecule has 0 saturated heterocycles. The van der Waals surface area contributed by atoms with Gasteiger partial charge in [0.05, 0.1) is 17.5 Å². The van der Waals surface area contributed by atoms with Gasteiger partial charge in [-0.3, -0.25) is 14.8 Å². The fourth-order valence-corrected chi connectivity index (χ4v) is 3.71. The molecule has 9 nitrogen and oxygen atoms in total. The van der Waals surface area contributed by atoms with Crippen LogP contribution in [0.3, 0.4) is 0 Å². The Balaban J connectivity index is 1.56. The average Bonchev–Trinajstić information content (AvgIpc) is 3.48. The maximum Gasteiger partial charge on any atom is 0.273 e. The summed E-state index contributed by atoms with van der Waals surface area (Å²) in [5.74, 6) is 0.335. The second-order valence-electron chi connectivity index (χ2n) is 7.62. The molecule has 1 fully saturated rings. The van der Waals surface area contributed by atoms with E-state index in [0.717, 1.165) is 35.5 Å². The molecule has 0 atom stereocenters. The minimum Gasteiger partial charge on any atom is -0.358 e. The van der Waals surface area contributed by atoms with E-state index in [9.17, 15) is 4.79 Å². The van der Waals surface area contributed by atoms with E-state index < -0.39 is 0 Å². The smallest absolute Gasteiger partial charge is 0.273 e. The van der Waals surface area contributed by atoms with Crippen molar-refractivity contribution in [2.45, 2.75) is 32.2 Å². The van der Waals surface area contributed by atoms with Gasteiger partial charge in [-0.25, -0.2) is 15.4 Å². The Labute approximate surface area is 179 Å². The van der Waals surface area contributed by atoms with Crippen LogP contribution in [-0.4, -0.2) is 49.1 Å². The maximum absolute atomic E-state index is 12.6. The number of hydrogen-bond acceptors (Lipinski definition) is 7. The average molecular weight is 414 g/mol. The number of nitrogens with zero attached hydrogens (tertiary/aromatic N) is 5. The third-order valence-corrected chi connectivity index (χ3v) is 5.38. The quantitative estimate of drug-likeness (QED) is 0.507. The standard InChI is InChI=1S/C22H22N8O/c1-13-15(5-8-24-14-3-4-14)19(21-26-6-2-7-27-21)17(28-13)11-16-20(29-30-22(16)31)18-12-23-9-10-25-18/h2,6-7,9-12,14,24,28H,3-5,8H2,1H3,(H,30,31). The van der Waals surface area contributed by atoms with Crippen molar-refractivity contribution < 1.29 is 4.79 Å². The van der Waals surface area contributed by atoms with Crippen LogP contribution in [0, 0.1) is 6.92 Å². The van der Waals surface area contributed by atoms with Gasteiger partial charge in [-0.05, 0) is 50.4 Å². The lowest BCUT2D eigenvalue weighted by Crippen LogP contribution is -2.19. The topological polar surface area (TPSA) is 121 Å². The van der Waals surface area contributed by atoms with Gasteiger partial charge in [-0.1, -0.05) is 0 Å².